The summed E-state index contributed by atoms with van der Waals surface area (Å²) in [5.74, 6) is 1.73. The van der Waals surface area contributed by atoms with Gasteiger partial charge in [0, 0.05) is 31.9 Å². The number of likely N-dealkylation sites (N-methyl/N-ethyl adjacent to an activating group) is 1. The molecule has 5 nitrogen and oxygen atoms in total. The summed E-state index contributed by atoms with van der Waals surface area (Å²) in [5, 5.41) is 3.37. The van der Waals surface area contributed by atoms with Crippen LogP contribution in [0.1, 0.15) is 31.2 Å². The molecule has 1 N–H and O–H groups in total. The van der Waals surface area contributed by atoms with Gasteiger partial charge in [-0.3, -0.25) is 4.99 Å². The highest BCUT2D eigenvalue weighted by Crippen LogP contribution is 2.24. The maximum Gasteiger partial charge on any atom is 0.218 e. The van der Waals surface area contributed by atoms with Crippen LogP contribution in [0.3, 0.4) is 0 Å². The van der Waals surface area contributed by atoms with Crippen LogP contribution in [0.2, 0.25) is 0 Å². The number of guanidine groups is 1. The quantitative estimate of drug-likeness (QED) is 0.787. The van der Waals surface area contributed by atoms with Crippen LogP contribution in [-0.2, 0) is 6.54 Å². The molecule has 0 aromatic carbocycles. The summed E-state index contributed by atoms with van der Waals surface area (Å²) < 4.78 is 6.04. The number of nitrogens with zero attached hydrogens (tertiary/aromatic N) is 3. The maximum atomic E-state index is 6.04. The van der Waals surface area contributed by atoms with Gasteiger partial charge in [-0.05, 0) is 31.7 Å². The number of aromatic nitrogens is 1. The van der Waals surface area contributed by atoms with Crippen LogP contribution in [-0.4, -0.2) is 42.1 Å². The molecule has 3 rings (SSSR count). The molecule has 116 valence electrons. The van der Waals surface area contributed by atoms with Gasteiger partial charge in [-0.15, -0.1) is 24.0 Å². The summed E-state index contributed by atoms with van der Waals surface area (Å²) in [6.45, 7) is 2.57. The van der Waals surface area contributed by atoms with Gasteiger partial charge in [-0.25, -0.2) is 4.98 Å². The van der Waals surface area contributed by atoms with Crippen molar-refractivity contribution in [2.24, 2.45) is 4.99 Å². The van der Waals surface area contributed by atoms with Crippen LogP contribution in [0, 0.1) is 0 Å². The second-order valence-electron chi connectivity index (χ2n) is 5.47. The minimum absolute atomic E-state index is 0. The zero-order valence-corrected chi connectivity index (χ0v) is 14.7. The Morgan fingerprint density at radius 3 is 2.90 bits per heavy atom. The fourth-order valence-corrected chi connectivity index (χ4v) is 2.73. The molecule has 1 fully saturated rings. The smallest absolute Gasteiger partial charge is 0.218 e. The molecule has 2 heterocycles. The summed E-state index contributed by atoms with van der Waals surface area (Å²) in [7, 11) is 2.05. The van der Waals surface area contributed by atoms with Crippen LogP contribution < -0.4 is 10.1 Å². The van der Waals surface area contributed by atoms with Crippen LogP contribution in [0.25, 0.3) is 0 Å². The number of rotatable bonds is 4. The van der Waals surface area contributed by atoms with E-state index in [9.17, 15) is 0 Å². The first-order valence-electron chi connectivity index (χ1n) is 7.43. The Hall–Kier alpha value is -1.05. The summed E-state index contributed by atoms with van der Waals surface area (Å²) in [6.07, 6.45) is 6.99. The fraction of sp³-hybridized carbons (Fsp3) is 0.600. The third kappa shape index (κ3) is 4.21. The molecule has 0 radical (unpaired) electrons. The van der Waals surface area contributed by atoms with Crippen molar-refractivity contribution in [1.82, 2.24) is 15.2 Å². The number of pyridine rings is 1. The Labute approximate surface area is 143 Å². The molecule has 0 unspecified atom stereocenters. The van der Waals surface area contributed by atoms with E-state index in [1.54, 1.807) is 6.20 Å². The Morgan fingerprint density at radius 1 is 1.38 bits per heavy atom. The Morgan fingerprint density at radius 2 is 2.19 bits per heavy atom. The van der Waals surface area contributed by atoms with Crippen molar-refractivity contribution in [3.05, 3.63) is 23.9 Å². The molecule has 1 saturated carbocycles. The summed E-state index contributed by atoms with van der Waals surface area (Å²) in [6, 6.07) is 4.03. The maximum absolute atomic E-state index is 6.04. The number of hydrogen-bond donors (Lipinski definition) is 1. The van der Waals surface area contributed by atoms with Crippen LogP contribution in [0.15, 0.2) is 23.3 Å². The predicted octanol–water partition coefficient (Wildman–Crippen LogP) is 2.41. The highest BCUT2D eigenvalue weighted by molar-refractivity contribution is 14.0. The topological polar surface area (TPSA) is 49.8 Å². The van der Waals surface area contributed by atoms with E-state index in [0.717, 1.165) is 43.3 Å². The van der Waals surface area contributed by atoms with Gasteiger partial charge in [-0.2, -0.15) is 0 Å². The van der Waals surface area contributed by atoms with Crippen molar-refractivity contribution in [3.8, 4) is 5.88 Å². The van der Waals surface area contributed by atoms with Crippen molar-refractivity contribution in [2.45, 2.75) is 38.3 Å². The average Bonchev–Trinajstić information content (AvgIpc) is 3.10. The van der Waals surface area contributed by atoms with Crippen molar-refractivity contribution < 1.29 is 4.74 Å². The van der Waals surface area contributed by atoms with Crippen molar-refractivity contribution >= 4 is 29.9 Å². The van der Waals surface area contributed by atoms with Gasteiger partial charge in [0.2, 0.25) is 5.88 Å². The summed E-state index contributed by atoms with van der Waals surface area (Å²) in [5.41, 5.74) is 1.10. The second-order valence-corrected chi connectivity index (χ2v) is 5.47. The Kier molecular flexibility index (Phi) is 6.08. The van der Waals surface area contributed by atoms with E-state index in [1.807, 2.05) is 6.07 Å². The lowest BCUT2D eigenvalue weighted by molar-refractivity contribution is 0.199. The highest BCUT2D eigenvalue weighted by Gasteiger charge is 2.19. The average molecular weight is 402 g/mol. The lowest BCUT2D eigenvalue weighted by atomic mass is 10.2. The van der Waals surface area contributed by atoms with E-state index in [4.69, 9.17) is 4.74 Å². The van der Waals surface area contributed by atoms with Gasteiger partial charge >= 0.3 is 0 Å². The number of ether oxygens (including phenoxy) is 1. The molecule has 0 atom stereocenters. The largest absolute Gasteiger partial charge is 0.474 e. The van der Waals surface area contributed by atoms with E-state index in [0.29, 0.717) is 12.6 Å². The van der Waals surface area contributed by atoms with Gasteiger partial charge in [0.1, 0.15) is 6.10 Å². The fourth-order valence-electron chi connectivity index (χ4n) is 2.73. The van der Waals surface area contributed by atoms with E-state index < -0.39 is 0 Å². The van der Waals surface area contributed by atoms with E-state index in [1.165, 1.54) is 12.8 Å². The molecule has 1 aromatic rings. The molecule has 6 heteroatoms. The van der Waals surface area contributed by atoms with Gasteiger partial charge in [0.25, 0.3) is 0 Å². The lowest BCUT2D eigenvalue weighted by Gasteiger charge is -2.18. The normalized spacial score (nSPS) is 18.3. The molecule has 0 amide bonds. The molecule has 0 saturated heterocycles. The summed E-state index contributed by atoms with van der Waals surface area (Å²) >= 11 is 0. The number of halogens is 1. The van der Waals surface area contributed by atoms with E-state index in [2.05, 4.69) is 33.3 Å². The first-order chi connectivity index (χ1) is 9.83. The minimum Gasteiger partial charge on any atom is -0.474 e. The van der Waals surface area contributed by atoms with Crippen LogP contribution in [0.4, 0.5) is 0 Å². The Bertz CT molecular complexity index is 488. The molecule has 1 aromatic heterocycles. The molecule has 0 bridgehead atoms. The molecule has 21 heavy (non-hydrogen) atoms. The Balaban J connectivity index is 0.00000161. The van der Waals surface area contributed by atoms with Crippen LogP contribution >= 0.6 is 24.0 Å². The van der Waals surface area contributed by atoms with Crippen molar-refractivity contribution in [1.29, 1.82) is 0 Å². The second kappa shape index (κ2) is 7.82. The highest BCUT2D eigenvalue weighted by atomic mass is 127. The first-order valence-corrected chi connectivity index (χ1v) is 7.43. The zero-order valence-electron chi connectivity index (χ0n) is 12.4. The van der Waals surface area contributed by atoms with Crippen molar-refractivity contribution in [3.63, 3.8) is 0 Å². The summed E-state index contributed by atoms with van der Waals surface area (Å²) in [4.78, 5) is 11.0. The third-order valence-corrected chi connectivity index (χ3v) is 3.93. The zero-order chi connectivity index (χ0) is 13.8. The molecule has 0 spiro atoms. The molecule has 1 aliphatic heterocycles. The van der Waals surface area contributed by atoms with E-state index in [-0.39, 0.29) is 24.0 Å². The van der Waals surface area contributed by atoms with E-state index >= 15 is 0 Å². The molecule has 1 aliphatic carbocycles. The van der Waals surface area contributed by atoms with Gasteiger partial charge in [-0.1, -0.05) is 6.07 Å². The lowest BCUT2D eigenvalue weighted by Crippen LogP contribution is -2.35. The predicted molar refractivity (Wildman–Crippen MR) is 94.3 cm³/mol. The van der Waals surface area contributed by atoms with Gasteiger partial charge in [0.05, 0.1) is 6.54 Å². The van der Waals surface area contributed by atoms with Crippen LogP contribution in [0.5, 0.6) is 5.88 Å². The number of nitrogens with one attached hydrogen (secondary N) is 1. The third-order valence-electron chi connectivity index (χ3n) is 3.93. The number of aliphatic imine (C=N–C) groups is 1. The van der Waals surface area contributed by atoms with Gasteiger partial charge < -0.3 is 15.0 Å². The minimum atomic E-state index is 0. The SMILES string of the molecule is CN1CCN=C1NCc1cccnc1OC1CCCC1.I. The standard InChI is InChI=1S/C15H22N4O.HI/c1-19-10-9-17-15(19)18-11-12-5-4-8-16-14(12)20-13-6-2-3-7-13;/h4-5,8,13H,2-3,6-7,9-11H2,1H3,(H,17,18);1H. The molecular weight excluding hydrogens is 379 g/mol. The van der Waals surface area contributed by atoms with Gasteiger partial charge in [0.15, 0.2) is 5.96 Å². The van der Waals surface area contributed by atoms with Crippen molar-refractivity contribution in [2.75, 3.05) is 20.1 Å². The number of hydrogen-bond acceptors (Lipinski definition) is 5. The molecular formula is C15H23IN4O. The molecule has 2 aliphatic rings. The monoisotopic (exact) mass is 402 g/mol. The first kappa shape index (κ1) is 16.3.